The van der Waals surface area contributed by atoms with Gasteiger partial charge in [-0.25, -0.2) is 0 Å². The number of amides is 1. The zero-order valence-corrected chi connectivity index (χ0v) is 10.8. The second-order valence-electron chi connectivity index (χ2n) is 4.30. The van der Waals surface area contributed by atoms with Crippen LogP contribution >= 0.6 is 0 Å². The highest BCUT2D eigenvalue weighted by Crippen LogP contribution is 2.08. The molecule has 0 spiro atoms. The molecule has 0 aromatic carbocycles. The van der Waals surface area contributed by atoms with Crippen LogP contribution in [-0.4, -0.2) is 12.5 Å². The van der Waals surface area contributed by atoms with Gasteiger partial charge in [-0.15, -0.1) is 6.58 Å². The molecule has 0 rings (SSSR count). The van der Waals surface area contributed by atoms with Crippen LogP contribution in [0, 0.1) is 0 Å². The van der Waals surface area contributed by atoms with Crippen LogP contribution in [0.5, 0.6) is 0 Å². The number of hydrogen-bond acceptors (Lipinski definition) is 1. The molecule has 16 heavy (non-hydrogen) atoms. The van der Waals surface area contributed by atoms with Crippen LogP contribution in [0.2, 0.25) is 0 Å². The molecule has 0 atom stereocenters. The molecular formula is C14H27NO. The number of rotatable bonds is 11. The smallest absolute Gasteiger partial charge is 0.220 e. The molecule has 0 aliphatic rings. The van der Waals surface area contributed by atoms with E-state index in [-0.39, 0.29) is 5.91 Å². The van der Waals surface area contributed by atoms with Gasteiger partial charge in [-0.3, -0.25) is 4.79 Å². The molecule has 2 heteroatoms. The summed E-state index contributed by atoms with van der Waals surface area (Å²) in [5, 5.41) is 2.88. The van der Waals surface area contributed by atoms with Gasteiger partial charge in [0.05, 0.1) is 0 Å². The van der Waals surface area contributed by atoms with E-state index in [0.717, 1.165) is 19.4 Å². The third kappa shape index (κ3) is 11.3. The van der Waals surface area contributed by atoms with Crippen LogP contribution in [0.1, 0.15) is 64.7 Å². The predicted octanol–water partition coefficient (Wildman–Crippen LogP) is 3.82. The van der Waals surface area contributed by atoms with E-state index in [4.69, 9.17) is 0 Å². The predicted molar refractivity (Wildman–Crippen MR) is 70.4 cm³/mol. The second kappa shape index (κ2) is 12.3. The molecule has 0 unspecified atom stereocenters. The summed E-state index contributed by atoms with van der Waals surface area (Å²) in [4.78, 5) is 11.3. The van der Waals surface area contributed by atoms with E-state index in [1.165, 1.54) is 38.5 Å². The van der Waals surface area contributed by atoms with Crippen molar-refractivity contribution in [3.63, 3.8) is 0 Å². The molecule has 1 N–H and O–H groups in total. The lowest BCUT2D eigenvalue weighted by atomic mass is 10.1. The topological polar surface area (TPSA) is 29.1 Å². The Kier molecular flexibility index (Phi) is 11.7. The van der Waals surface area contributed by atoms with Gasteiger partial charge in [0, 0.05) is 13.0 Å². The fraction of sp³-hybridized carbons (Fsp3) is 0.786. The summed E-state index contributed by atoms with van der Waals surface area (Å²) in [6.45, 7) is 6.58. The standard InChI is InChI=1S/C14H27NO/c1-3-5-7-8-9-10-11-12-14(16)15-13-6-4-2/h4H,2-3,5-13H2,1H3,(H,15,16). The van der Waals surface area contributed by atoms with Gasteiger partial charge < -0.3 is 5.32 Å². The highest BCUT2D eigenvalue weighted by atomic mass is 16.1. The van der Waals surface area contributed by atoms with E-state index in [0.29, 0.717) is 6.42 Å². The number of unbranched alkanes of at least 4 members (excludes halogenated alkanes) is 6. The largest absolute Gasteiger partial charge is 0.356 e. The molecule has 94 valence electrons. The summed E-state index contributed by atoms with van der Waals surface area (Å²) >= 11 is 0. The minimum atomic E-state index is 0.190. The first-order chi connectivity index (χ1) is 7.81. The van der Waals surface area contributed by atoms with Crippen LogP contribution < -0.4 is 5.32 Å². The maximum absolute atomic E-state index is 11.3. The molecule has 0 radical (unpaired) electrons. The zero-order valence-electron chi connectivity index (χ0n) is 10.8. The normalized spacial score (nSPS) is 10.1. The Bertz CT molecular complexity index is 178. The van der Waals surface area contributed by atoms with E-state index < -0.39 is 0 Å². The van der Waals surface area contributed by atoms with Gasteiger partial charge in [0.15, 0.2) is 0 Å². The van der Waals surface area contributed by atoms with Crippen molar-refractivity contribution in [2.24, 2.45) is 0 Å². The lowest BCUT2D eigenvalue weighted by Gasteiger charge is -2.03. The quantitative estimate of drug-likeness (QED) is 0.420. The van der Waals surface area contributed by atoms with Crippen LogP contribution in [-0.2, 0) is 4.79 Å². The Morgan fingerprint density at radius 2 is 1.75 bits per heavy atom. The summed E-state index contributed by atoms with van der Waals surface area (Å²) in [5.74, 6) is 0.190. The minimum absolute atomic E-state index is 0.190. The van der Waals surface area contributed by atoms with Crippen LogP contribution in [0.15, 0.2) is 12.7 Å². The highest BCUT2D eigenvalue weighted by Gasteiger charge is 1.99. The highest BCUT2D eigenvalue weighted by molar-refractivity contribution is 5.75. The van der Waals surface area contributed by atoms with E-state index >= 15 is 0 Å². The monoisotopic (exact) mass is 225 g/mol. The van der Waals surface area contributed by atoms with Gasteiger partial charge in [0.2, 0.25) is 5.91 Å². The molecule has 0 fully saturated rings. The lowest BCUT2D eigenvalue weighted by molar-refractivity contribution is -0.121. The summed E-state index contributed by atoms with van der Waals surface area (Å²) in [5.41, 5.74) is 0. The van der Waals surface area contributed by atoms with Crippen molar-refractivity contribution in [3.05, 3.63) is 12.7 Å². The second-order valence-corrected chi connectivity index (χ2v) is 4.30. The maximum atomic E-state index is 11.3. The van der Waals surface area contributed by atoms with E-state index in [2.05, 4.69) is 18.8 Å². The van der Waals surface area contributed by atoms with Crippen LogP contribution in [0.3, 0.4) is 0 Å². The molecular weight excluding hydrogens is 198 g/mol. The van der Waals surface area contributed by atoms with Gasteiger partial charge in [-0.2, -0.15) is 0 Å². The zero-order chi connectivity index (χ0) is 12.1. The number of carbonyl (C=O) groups excluding carboxylic acids is 1. The molecule has 0 heterocycles. The first-order valence-electron chi connectivity index (χ1n) is 6.68. The van der Waals surface area contributed by atoms with Crippen molar-refractivity contribution < 1.29 is 4.79 Å². The Balaban J connectivity index is 3.12. The average Bonchev–Trinajstić information content (AvgIpc) is 2.28. The van der Waals surface area contributed by atoms with Crippen molar-refractivity contribution in [2.75, 3.05) is 6.54 Å². The molecule has 0 saturated heterocycles. The maximum Gasteiger partial charge on any atom is 0.220 e. The van der Waals surface area contributed by atoms with Crippen molar-refractivity contribution in [1.82, 2.24) is 5.32 Å². The Hall–Kier alpha value is -0.790. The molecule has 2 nitrogen and oxygen atoms in total. The fourth-order valence-electron chi connectivity index (χ4n) is 1.64. The van der Waals surface area contributed by atoms with Gasteiger partial charge in [0.1, 0.15) is 0 Å². The summed E-state index contributed by atoms with van der Waals surface area (Å²) in [7, 11) is 0. The van der Waals surface area contributed by atoms with Crippen molar-refractivity contribution in [3.8, 4) is 0 Å². The van der Waals surface area contributed by atoms with Crippen molar-refractivity contribution in [1.29, 1.82) is 0 Å². The van der Waals surface area contributed by atoms with Crippen LogP contribution in [0.4, 0.5) is 0 Å². The Morgan fingerprint density at radius 3 is 2.38 bits per heavy atom. The Labute approximate surface area is 101 Å². The Morgan fingerprint density at radius 1 is 1.12 bits per heavy atom. The van der Waals surface area contributed by atoms with Gasteiger partial charge >= 0.3 is 0 Å². The first kappa shape index (κ1) is 15.2. The summed E-state index contributed by atoms with van der Waals surface area (Å²) < 4.78 is 0. The van der Waals surface area contributed by atoms with Crippen molar-refractivity contribution in [2.45, 2.75) is 64.7 Å². The third-order valence-electron chi connectivity index (χ3n) is 2.68. The number of hydrogen-bond donors (Lipinski definition) is 1. The van der Waals surface area contributed by atoms with Gasteiger partial charge in [-0.05, 0) is 12.8 Å². The molecule has 0 aromatic rings. The van der Waals surface area contributed by atoms with E-state index in [9.17, 15) is 4.79 Å². The molecule has 0 bridgehead atoms. The van der Waals surface area contributed by atoms with Gasteiger partial charge in [0.25, 0.3) is 0 Å². The SMILES string of the molecule is C=CCCNC(=O)CCCCCCCCC. The molecule has 0 aliphatic heterocycles. The average molecular weight is 225 g/mol. The van der Waals surface area contributed by atoms with Crippen LogP contribution in [0.25, 0.3) is 0 Å². The number of carbonyl (C=O) groups is 1. The third-order valence-corrected chi connectivity index (χ3v) is 2.68. The van der Waals surface area contributed by atoms with Gasteiger partial charge in [-0.1, -0.05) is 51.5 Å². The summed E-state index contributed by atoms with van der Waals surface area (Å²) in [6, 6.07) is 0. The number of nitrogens with one attached hydrogen (secondary N) is 1. The van der Waals surface area contributed by atoms with E-state index in [1.54, 1.807) is 0 Å². The fourth-order valence-corrected chi connectivity index (χ4v) is 1.64. The molecule has 0 aromatic heterocycles. The summed E-state index contributed by atoms with van der Waals surface area (Å²) in [6.07, 6.45) is 12.2. The molecule has 0 aliphatic carbocycles. The lowest BCUT2D eigenvalue weighted by Crippen LogP contribution is -2.23. The van der Waals surface area contributed by atoms with Crippen molar-refractivity contribution >= 4 is 5.91 Å². The molecule has 1 amide bonds. The first-order valence-corrected chi connectivity index (χ1v) is 6.68. The molecule has 0 saturated carbocycles. The van der Waals surface area contributed by atoms with E-state index in [1.807, 2.05) is 6.08 Å². The minimum Gasteiger partial charge on any atom is -0.356 e.